The highest BCUT2D eigenvalue weighted by molar-refractivity contribution is 9.10. The molecule has 0 bridgehead atoms. The lowest BCUT2D eigenvalue weighted by Crippen LogP contribution is -2.35. The van der Waals surface area contributed by atoms with Crippen molar-refractivity contribution in [3.63, 3.8) is 0 Å². The van der Waals surface area contributed by atoms with Crippen LogP contribution in [-0.2, 0) is 12.0 Å². The molecular formula is C17H24BrN3. The minimum absolute atomic E-state index is 0.420. The van der Waals surface area contributed by atoms with Crippen LogP contribution in [0, 0.1) is 0 Å². The zero-order chi connectivity index (χ0) is 15.5. The van der Waals surface area contributed by atoms with Gasteiger partial charge < -0.3 is 5.73 Å². The van der Waals surface area contributed by atoms with Gasteiger partial charge in [-0.1, -0.05) is 41.9 Å². The van der Waals surface area contributed by atoms with E-state index in [4.69, 9.17) is 10.8 Å². The van der Waals surface area contributed by atoms with Gasteiger partial charge in [0.2, 0.25) is 0 Å². The van der Waals surface area contributed by atoms with Gasteiger partial charge in [0.1, 0.15) is 0 Å². The van der Waals surface area contributed by atoms with Crippen LogP contribution >= 0.6 is 15.9 Å². The smallest absolute Gasteiger partial charge is 0.0646 e. The van der Waals surface area contributed by atoms with E-state index in [-0.39, 0.29) is 0 Å². The molecule has 1 aromatic heterocycles. The fraction of sp³-hybridized carbons (Fsp3) is 0.471. The predicted octanol–water partition coefficient (Wildman–Crippen LogP) is 4.42. The van der Waals surface area contributed by atoms with Gasteiger partial charge in [-0.25, -0.2) is 0 Å². The van der Waals surface area contributed by atoms with E-state index in [1.54, 1.807) is 0 Å². The first-order valence-corrected chi connectivity index (χ1v) is 8.34. The fourth-order valence-electron chi connectivity index (χ4n) is 2.66. The highest BCUT2D eigenvalue weighted by Gasteiger charge is 2.23. The minimum atomic E-state index is -0.420. The van der Waals surface area contributed by atoms with E-state index in [1.165, 1.54) is 0 Å². The molecule has 1 aromatic carbocycles. The van der Waals surface area contributed by atoms with E-state index in [1.807, 2.05) is 12.1 Å². The molecule has 2 aromatic rings. The van der Waals surface area contributed by atoms with E-state index in [2.05, 4.69) is 65.8 Å². The van der Waals surface area contributed by atoms with Crippen LogP contribution < -0.4 is 5.73 Å². The molecule has 0 saturated heterocycles. The predicted molar refractivity (Wildman–Crippen MR) is 91.2 cm³/mol. The summed E-state index contributed by atoms with van der Waals surface area (Å²) in [7, 11) is 0. The summed E-state index contributed by atoms with van der Waals surface area (Å²) in [5.74, 6) is 0. The third-order valence-corrected chi connectivity index (χ3v) is 4.51. The van der Waals surface area contributed by atoms with Crippen LogP contribution in [0.3, 0.4) is 0 Å². The lowest BCUT2D eigenvalue weighted by Gasteiger charge is -2.24. The maximum Gasteiger partial charge on any atom is 0.0646 e. The van der Waals surface area contributed by atoms with Crippen molar-refractivity contribution in [2.45, 2.75) is 51.6 Å². The van der Waals surface area contributed by atoms with Crippen molar-refractivity contribution in [2.75, 3.05) is 0 Å². The Morgan fingerprint density at radius 1 is 1.29 bits per heavy atom. The lowest BCUT2D eigenvalue weighted by atomic mass is 9.88. The summed E-state index contributed by atoms with van der Waals surface area (Å²) in [4.78, 5) is 0. The number of aromatic nitrogens is 2. The van der Waals surface area contributed by atoms with Crippen LogP contribution in [0.1, 0.15) is 50.9 Å². The number of nitrogens with two attached hydrogens (primary N) is 1. The van der Waals surface area contributed by atoms with Crippen molar-refractivity contribution in [3.05, 3.63) is 52.3 Å². The summed E-state index contributed by atoms with van der Waals surface area (Å²) in [6.07, 6.45) is 5.01. The van der Waals surface area contributed by atoms with Gasteiger partial charge in [-0.2, -0.15) is 5.10 Å². The summed E-state index contributed by atoms with van der Waals surface area (Å²) in [5, 5.41) is 4.71. The molecule has 0 aliphatic rings. The summed E-state index contributed by atoms with van der Waals surface area (Å²) in [5.41, 5.74) is 8.27. The molecule has 21 heavy (non-hydrogen) atoms. The molecule has 1 atom stereocenters. The molecular weight excluding hydrogens is 326 g/mol. The van der Waals surface area contributed by atoms with Gasteiger partial charge in [0.15, 0.2) is 0 Å². The van der Waals surface area contributed by atoms with E-state index in [0.717, 1.165) is 35.0 Å². The molecule has 0 fully saturated rings. The van der Waals surface area contributed by atoms with Gasteiger partial charge in [0.05, 0.1) is 11.7 Å². The molecule has 0 aliphatic carbocycles. The van der Waals surface area contributed by atoms with Crippen molar-refractivity contribution in [1.82, 2.24) is 9.78 Å². The lowest BCUT2D eigenvalue weighted by molar-refractivity contribution is 0.417. The maximum absolute atomic E-state index is 6.52. The second-order valence-corrected chi connectivity index (χ2v) is 6.78. The maximum atomic E-state index is 6.52. The summed E-state index contributed by atoms with van der Waals surface area (Å²) < 4.78 is 3.13. The average molecular weight is 350 g/mol. The Kier molecular flexibility index (Phi) is 5.22. The summed E-state index contributed by atoms with van der Waals surface area (Å²) in [6.45, 7) is 6.46. The fourth-order valence-corrected chi connectivity index (χ4v) is 3.06. The number of halogens is 1. The summed E-state index contributed by atoms with van der Waals surface area (Å²) in [6, 6.07) is 10.8. The molecule has 3 nitrogen and oxygen atoms in total. The average Bonchev–Trinajstić information content (AvgIpc) is 2.88. The molecule has 0 radical (unpaired) electrons. The molecule has 1 unspecified atom stereocenters. The quantitative estimate of drug-likeness (QED) is 0.838. The second kappa shape index (κ2) is 6.75. The van der Waals surface area contributed by atoms with E-state index < -0.39 is 5.54 Å². The Bertz CT molecular complexity index is 585. The van der Waals surface area contributed by atoms with Crippen molar-refractivity contribution in [3.8, 4) is 0 Å². The van der Waals surface area contributed by atoms with Gasteiger partial charge in [0.25, 0.3) is 0 Å². The molecule has 114 valence electrons. The Labute approximate surface area is 135 Å². The molecule has 0 amide bonds. The monoisotopic (exact) mass is 349 g/mol. The molecule has 0 spiro atoms. The van der Waals surface area contributed by atoms with Gasteiger partial charge in [-0.3, -0.25) is 4.68 Å². The first kappa shape index (κ1) is 16.2. The number of nitrogens with zero attached hydrogens (tertiary/aromatic N) is 2. The first-order valence-electron chi connectivity index (χ1n) is 7.55. The molecule has 4 heteroatoms. The zero-order valence-corrected chi connectivity index (χ0v) is 14.6. The normalized spacial score (nSPS) is 14.4. The van der Waals surface area contributed by atoms with Crippen molar-refractivity contribution in [1.29, 1.82) is 0 Å². The third kappa shape index (κ3) is 3.95. The van der Waals surface area contributed by atoms with Gasteiger partial charge in [-0.05, 0) is 43.5 Å². The van der Waals surface area contributed by atoms with E-state index in [9.17, 15) is 0 Å². The molecule has 1 heterocycles. The molecule has 0 saturated carbocycles. The van der Waals surface area contributed by atoms with Crippen molar-refractivity contribution < 1.29 is 0 Å². The third-order valence-electron chi connectivity index (χ3n) is 4.01. The highest BCUT2D eigenvalue weighted by atomic mass is 79.9. The van der Waals surface area contributed by atoms with Crippen LogP contribution in [0.2, 0.25) is 0 Å². The Morgan fingerprint density at radius 3 is 2.62 bits per heavy atom. The second-order valence-electron chi connectivity index (χ2n) is 5.86. The van der Waals surface area contributed by atoms with E-state index >= 15 is 0 Å². The van der Waals surface area contributed by atoms with Crippen LogP contribution in [0.15, 0.2) is 41.0 Å². The SMILES string of the molecule is CCC(CC)n1ccc(CC(C)(N)c2cccc(Br)c2)n1. The minimum Gasteiger partial charge on any atom is -0.321 e. The summed E-state index contributed by atoms with van der Waals surface area (Å²) >= 11 is 3.51. The standard InChI is InChI=1S/C17H24BrN3/c1-4-16(5-2)21-10-9-15(20-21)12-17(3,19)13-7-6-8-14(18)11-13/h6-11,16H,4-5,12,19H2,1-3H3. The van der Waals surface area contributed by atoms with Crippen molar-refractivity contribution in [2.24, 2.45) is 5.73 Å². The highest BCUT2D eigenvalue weighted by Crippen LogP contribution is 2.25. The van der Waals surface area contributed by atoms with Crippen molar-refractivity contribution >= 4 is 15.9 Å². The Balaban J connectivity index is 2.17. The largest absolute Gasteiger partial charge is 0.321 e. The Morgan fingerprint density at radius 2 is 2.00 bits per heavy atom. The van der Waals surface area contributed by atoms with E-state index in [0.29, 0.717) is 6.04 Å². The molecule has 0 aliphatic heterocycles. The number of rotatable bonds is 6. The number of benzene rings is 1. The van der Waals surface area contributed by atoms with Crippen LogP contribution in [-0.4, -0.2) is 9.78 Å². The van der Waals surface area contributed by atoms with Gasteiger partial charge in [-0.15, -0.1) is 0 Å². The van der Waals surface area contributed by atoms with Crippen LogP contribution in [0.4, 0.5) is 0 Å². The first-order chi connectivity index (χ1) is 9.96. The Hall–Kier alpha value is -1.13. The molecule has 2 N–H and O–H groups in total. The topological polar surface area (TPSA) is 43.8 Å². The molecule has 2 rings (SSSR count). The number of hydrogen-bond acceptors (Lipinski definition) is 2. The zero-order valence-electron chi connectivity index (χ0n) is 13.0. The van der Waals surface area contributed by atoms with Gasteiger partial charge >= 0.3 is 0 Å². The number of hydrogen-bond donors (Lipinski definition) is 1. The van der Waals surface area contributed by atoms with Gasteiger partial charge in [0, 0.05) is 22.6 Å². The van der Waals surface area contributed by atoms with Crippen LogP contribution in [0.5, 0.6) is 0 Å². The van der Waals surface area contributed by atoms with Crippen LogP contribution in [0.25, 0.3) is 0 Å².